The molecular formula is C35H52N3O7+. The summed E-state index contributed by atoms with van der Waals surface area (Å²) < 4.78 is 23.4. The Bertz CT molecular complexity index is 1290. The van der Waals surface area contributed by atoms with Crippen LogP contribution in [-0.4, -0.2) is 112 Å². The number of amides is 1. The van der Waals surface area contributed by atoms with Crippen molar-refractivity contribution in [3.63, 3.8) is 0 Å². The number of benzene rings is 2. The SMILES string of the molecule is CCCCN(CCCC[N+](C)(C)C)C(=O)CN1C[C@H](c2cc(OC)c3c(c2)OCO3)[C@@H](C(=O)O)[C@@H]1CCc1ccccc1OC. The number of rotatable bonds is 17. The number of ether oxygens (including phenoxy) is 4. The fourth-order valence-corrected chi connectivity index (χ4v) is 6.64. The van der Waals surface area contributed by atoms with Gasteiger partial charge in [-0.2, -0.15) is 0 Å². The first-order chi connectivity index (χ1) is 21.6. The Morgan fingerprint density at radius 3 is 2.44 bits per heavy atom. The van der Waals surface area contributed by atoms with Crippen molar-refractivity contribution >= 4 is 11.9 Å². The highest BCUT2D eigenvalue weighted by Crippen LogP contribution is 2.47. The first-order valence-corrected chi connectivity index (χ1v) is 16.2. The van der Waals surface area contributed by atoms with Crippen molar-refractivity contribution in [2.45, 2.75) is 57.4 Å². The van der Waals surface area contributed by atoms with Crippen LogP contribution in [0.3, 0.4) is 0 Å². The van der Waals surface area contributed by atoms with E-state index in [0.717, 1.165) is 53.6 Å². The van der Waals surface area contributed by atoms with E-state index in [0.29, 0.717) is 49.7 Å². The van der Waals surface area contributed by atoms with Gasteiger partial charge in [-0.15, -0.1) is 0 Å². The van der Waals surface area contributed by atoms with Gasteiger partial charge in [0.15, 0.2) is 11.5 Å². The van der Waals surface area contributed by atoms with E-state index in [1.54, 1.807) is 14.2 Å². The van der Waals surface area contributed by atoms with Crippen LogP contribution in [0.2, 0.25) is 0 Å². The summed E-state index contributed by atoms with van der Waals surface area (Å²) >= 11 is 0. The first-order valence-electron chi connectivity index (χ1n) is 16.2. The van der Waals surface area contributed by atoms with Crippen molar-refractivity contribution in [3.05, 3.63) is 47.5 Å². The van der Waals surface area contributed by atoms with E-state index in [-0.39, 0.29) is 31.2 Å². The second-order valence-electron chi connectivity index (χ2n) is 13.2. The minimum atomic E-state index is -0.875. The molecule has 0 spiro atoms. The lowest BCUT2D eigenvalue weighted by Gasteiger charge is -2.30. The Balaban J connectivity index is 1.61. The maximum Gasteiger partial charge on any atom is 0.308 e. The Morgan fingerprint density at radius 1 is 1.02 bits per heavy atom. The third-order valence-electron chi connectivity index (χ3n) is 9.02. The molecule has 2 aromatic rings. The number of hydrogen-bond acceptors (Lipinski definition) is 7. The van der Waals surface area contributed by atoms with Gasteiger partial charge in [-0.05, 0) is 61.4 Å². The second kappa shape index (κ2) is 15.7. The maximum absolute atomic E-state index is 13.9. The summed E-state index contributed by atoms with van der Waals surface area (Å²) in [5.41, 5.74) is 1.83. The molecule has 0 aromatic heterocycles. The molecule has 10 nitrogen and oxygen atoms in total. The van der Waals surface area contributed by atoms with Crippen molar-refractivity contribution in [1.29, 1.82) is 0 Å². The maximum atomic E-state index is 13.9. The molecule has 2 aliphatic rings. The van der Waals surface area contributed by atoms with E-state index < -0.39 is 11.9 Å². The Hall–Kier alpha value is -3.50. The molecule has 1 amide bonds. The number of carbonyl (C=O) groups is 2. The van der Waals surface area contributed by atoms with Gasteiger partial charge in [0.2, 0.25) is 18.4 Å². The average Bonchev–Trinajstić information content (AvgIpc) is 3.63. The quantitative estimate of drug-likeness (QED) is 0.200. The zero-order valence-corrected chi connectivity index (χ0v) is 27.9. The average molecular weight is 627 g/mol. The molecule has 45 heavy (non-hydrogen) atoms. The number of carboxylic acids is 1. The molecule has 0 unspecified atom stereocenters. The molecule has 0 saturated carbocycles. The van der Waals surface area contributed by atoms with Crippen molar-refractivity contribution in [2.24, 2.45) is 5.92 Å². The molecule has 0 aliphatic carbocycles. The number of likely N-dealkylation sites (tertiary alicyclic amines) is 1. The summed E-state index contributed by atoms with van der Waals surface area (Å²) in [5.74, 6) is 0.464. The molecule has 10 heteroatoms. The number of hydrogen-bond donors (Lipinski definition) is 1. The fourth-order valence-electron chi connectivity index (χ4n) is 6.64. The highest BCUT2D eigenvalue weighted by atomic mass is 16.7. The third kappa shape index (κ3) is 8.82. The van der Waals surface area contributed by atoms with Crippen molar-refractivity contribution in [1.82, 2.24) is 9.80 Å². The van der Waals surface area contributed by atoms with Gasteiger partial charge in [0.1, 0.15) is 5.75 Å². The normalized spacial score (nSPS) is 19.5. The van der Waals surface area contributed by atoms with Gasteiger partial charge in [0, 0.05) is 31.6 Å². The summed E-state index contributed by atoms with van der Waals surface area (Å²) in [5, 5.41) is 10.7. The largest absolute Gasteiger partial charge is 0.496 e. The van der Waals surface area contributed by atoms with Gasteiger partial charge in [-0.25, -0.2) is 0 Å². The topological polar surface area (TPSA) is 97.8 Å². The second-order valence-corrected chi connectivity index (χ2v) is 13.2. The number of carboxylic acid groups (broad SMARTS) is 1. The standard InChI is InChI=1S/C35H51N3O7/c1-7-8-17-36(18-11-12-19-38(2,3)4)32(39)23-37-22-27(26-20-30(43-6)34-31(21-26)44-24-45-34)33(35(40)41)28(37)16-15-25-13-9-10-14-29(25)42-5/h9-10,13-14,20-21,27-28,33H,7-8,11-12,15-19,22-24H2,1-6H3/p+1/t27-,28+,33-/m1/s1. The predicted molar refractivity (Wildman–Crippen MR) is 173 cm³/mol. The number of aryl methyl sites for hydroxylation is 1. The number of para-hydroxylation sites is 1. The van der Waals surface area contributed by atoms with Gasteiger partial charge in [0.05, 0.1) is 54.4 Å². The predicted octanol–water partition coefficient (Wildman–Crippen LogP) is 4.65. The van der Waals surface area contributed by atoms with Crippen molar-refractivity contribution < 1.29 is 38.1 Å². The highest BCUT2D eigenvalue weighted by Gasteiger charge is 2.47. The van der Waals surface area contributed by atoms with Crippen LogP contribution < -0.4 is 18.9 Å². The Kier molecular flexibility index (Phi) is 12.0. The minimum Gasteiger partial charge on any atom is -0.496 e. The van der Waals surface area contributed by atoms with Crippen LogP contribution in [0, 0.1) is 5.92 Å². The van der Waals surface area contributed by atoms with E-state index in [1.807, 2.05) is 41.3 Å². The monoisotopic (exact) mass is 626 g/mol. The zero-order valence-electron chi connectivity index (χ0n) is 27.9. The van der Waals surface area contributed by atoms with Gasteiger partial charge >= 0.3 is 5.97 Å². The van der Waals surface area contributed by atoms with Crippen molar-refractivity contribution in [2.75, 3.05) is 74.9 Å². The van der Waals surface area contributed by atoms with Gasteiger partial charge < -0.3 is 33.4 Å². The summed E-state index contributed by atoms with van der Waals surface area (Å²) in [6.45, 7) is 5.31. The van der Waals surface area contributed by atoms with Crippen LogP contribution in [0.4, 0.5) is 0 Å². The zero-order chi connectivity index (χ0) is 32.6. The number of quaternary nitrogens is 1. The molecular weight excluding hydrogens is 574 g/mol. The van der Waals surface area contributed by atoms with Crippen LogP contribution >= 0.6 is 0 Å². The van der Waals surface area contributed by atoms with Gasteiger partial charge in [0.25, 0.3) is 0 Å². The minimum absolute atomic E-state index is 0.0593. The highest BCUT2D eigenvalue weighted by molar-refractivity contribution is 5.79. The van der Waals surface area contributed by atoms with Gasteiger partial charge in [-0.1, -0.05) is 31.5 Å². The Labute approximate surface area is 268 Å². The number of fused-ring (bicyclic) bond motifs is 1. The molecule has 4 rings (SSSR count). The van der Waals surface area contributed by atoms with E-state index in [4.69, 9.17) is 18.9 Å². The van der Waals surface area contributed by atoms with Crippen LogP contribution in [-0.2, 0) is 16.0 Å². The van der Waals surface area contributed by atoms with E-state index in [2.05, 4.69) is 33.0 Å². The summed E-state index contributed by atoms with van der Waals surface area (Å²) in [6.07, 6.45) is 5.13. The number of unbranched alkanes of at least 4 members (excludes halogenated alkanes) is 2. The molecule has 0 radical (unpaired) electrons. The Morgan fingerprint density at radius 2 is 1.76 bits per heavy atom. The molecule has 0 bridgehead atoms. The van der Waals surface area contributed by atoms with E-state index in [1.165, 1.54) is 0 Å². The molecule has 248 valence electrons. The number of aliphatic carboxylic acids is 1. The van der Waals surface area contributed by atoms with Crippen LogP contribution in [0.5, 0.6) is 23.0 Å². The fraction of sp³-hybridized carbons (Fsp3) is 0.600. The summed E-state index contributed by atoms with van der Waals surface area (Å²) in [6, 6.07) is 11.2. The summed E-state index contributed by atoms with van der Waals surface area (Å²) in [7, 11) is 9.77. The lowest BCUT2D eigenvalue weighted by atomic mass is 9.83. The molecule has 2 aromatic carbocycles. The number of nitrogens with zero attached hydrogens (tertiary/aromatic N) is 3. The lowest BCUT2D eigenvalue weighted by molar-refractivity contribution is -0.870. The molecule has 1 N–H and O–H groups in total. The molecule has 2 heterocycles. The molecule has 2 aliphatic heterocycles. The van der Waals surface area contributed by atoms with Crippen LogP contribution in [0.15, 0.2) is 36.4 Å². The van der Waals surface area contributed by atoms with Crippen LogP contribution in [0.1, 0.15) is 56.1 Å². The number of methoxy groups -OCH3 is 2. The first kappa shape index (κ1) is 34.4. The van der Waals surface area contributed by atoms with Crippen LogP contribution in [0.25, 0.3) is 0 Å². The molecule has 1 fully saturated rings. The number of carbonyl (C=O) groups excluding carboxylic acids is 1. The van der Waals surface area contributed by atoms with Gasteiger partial charge in [-0.3, -0.25) is 14.5 Å². The smallest absolute Gasteiger partial charge is 0.308 e. The third-order valence-corrected chi connectivity index (χ3v) is 9.02. The van der Waals surface area contributed by atoms with E-state index >= 15 is 0 Å². The van der Waals surface area contributed by atoms with E-state index in [9.17, 15) is 14.7 Å². The lowest BCUT2D eigenvalue weighted by Crippen LogP contribution is -2.45. The molecule has 3 atom stereocenters. The van der Waals surface area contributed by atoms with Crippen molar-refractivity contribution in [3.8, 4) is 23.0 Å². The molecule has 1 saturated heterocycles. The summed E-state index contributed by atoms with van der Waals surface area (Å²) in [4.78, 5) is 31.1.